The normalized spacial score (nSPS) is 8.76. The SMILES string of the molecule is C.C.CC(=O)c1ccc(Cl)c(Cl)c1.CCO.CCOC(=O)C(=O)CC(=O)c1ccc(Cl)c(Cl)c1.CCOC(=O)C(=O)OCC.CCc1cc(-c2ccc(Cl)c(Cl)c2)n(C)n1.CCc1cc(-c2ccc(Cl)c(Cl)c2)nn1C.CNN.Cl.Cl.Cn1ccc(-c2ccc(Cl)c(Cl)c2)n1.Cn1nccc1-c1ccc(Cl)c(Cl)c1.O=C=O.O=C=O.O=C=O.O=C=O.[Na+].[OH-]. The Labute approximate surface area is 806 Å². The number of ketones is 3. The van der Waals surface area contributed by atoms with Gasteiger partial charge in [0.1, 0.15) is 0 Å². The van der Waals surface area contributed by atoms with E-state index in [1.54, 1.807) is 92.8 Å². The van der Waals surface area contributed by atoms with Gasteiger partial charge >= 0.3 is 72.1 Å². The number of hydrazine groups is 1. The molecule has 4 aromatic heterocycles. The molecule has 123 heavy (non-hydrogen) atoms. The molecule has 4 heterocycles. The van der Waals surface area contributed by atoms with Crippen LogP contribution in [0.15, 0.2) is 146 Å². The third kappa shape index (κ3) is 54.5. The molecule has 0 aliphatic rings. The zero-order valence-corrected chi connectivity index (χ0v) is 79.4. The van der Waals surface area contributed by atoms with Crippen LogP contribution in [-0.4, -0.2) is 143 Å². The van der Waals surface area contributed by atoms with Crippen molar-refractivity contribution in [3.8, 4) is 45.0 Å². The van der Waals surface area contributed by atoms with E-state index >= 15 is 0 Å². The quantitative estimate of drug-likeness (QED) is 0.0133. The van der Waals surface area contributed by atoms with Crippen LogP contribution >= 0.6 is 164 Å². The number of aryl methyl sites for hydroxylation is 6. The van der Waals surface area contributed by atoms with E-state index in [9.17, 15) is 28.8 Å². The van der Waals surface area contributed by atoms with E-state index in [0.717, 1.165) is 63.6 Å². The van der Waals surface area contributed by atoms with Crippen LogP contribution in [0.3, 0.4) is 0 Å². The minimum absolute atomic E-state index is 0. The molecule has 5 N–H and O–H groups in total. The average Bonchev–Trinajstić information content (AvgIpc) is 1.99. The minimum atomic E-state index is -1.01. The Morgan fingerprint density at radius 3 is 1.07 bits per heavy atom. The number of nitrogens with zero attached hydrogens (tertiary/aromatic N) is 8. The van der Waals surface area contributed by atoms with Crippen molar-refractivity contribution in [3.63, 3.8) is 0 Å². The summed E-state index contributed by atoms with van der Waals surface area (Å²) in [6.45, 7) is 12.9. The zero-order chi connectivity index (χ0) is 90.0. The summed E-state index contributed by atoms with van der Waals surface area (Å²) in [5.74, 6) is 0.336. The number of ether oxygens (including phenoxy) is 3. The molecule has 29 nitrogen and oxygen atoms in total. The number of hydrogen-bond acceptors (Lipinski definition) is 25. The predicted molar refractivity (Wildman–Crippen MR) is 476 cm³/mol. The number of aromatic nitrogens is 8. The van der Waals surface area contributed by atoms with Crippen LogP contribution in [0.1, 0.15) is 102 Å². The number of carbonyl (C=O) groups is 6. The maximum absolute atomic E-state index is 11.7. The van der Waals surface area contributed by atoms with Crippen molar-refractivity contribution in [2.24, 2.45) is 34.0 Å². The van der Waals surface area contributed by atoms with Crippen molar-refractivity contribution in [2.45, 2.75) is 82.6 Å². The molecule has 0 atom stereocenters. The summed E-state index contributed by atoms with van der Waals surface area (Å²) in [4.78, 5) is 131. The molecule has 10 rings (SSSR count). The maximum atomic E-state index is 11.7. The van der Waals surface area contributed by atoms with Gasteiger partial charge in [0.05, 0.1) is 115 Å². The van der Waals surface area contributed by atoms with Crippen LogP contribution in [0, 0.1) is 0 Å². The number of rotatable bonds is 14. The molecular weight excluding hydrogens is 1910 g/mol. The van der Waals surface area contributed by atoms with E-state index in [1.165, 1.54) is 30.8 Å². The Morgan fingerprint density at radius 2 is 0.764 bits per heavy atom. The molecule has 0 spiro atoms. The zero-order valence-electron chi connectivity index (χ0n) is 66.6. The Hall–Kier alpha value is -8.00. The number of carbonyl (C=O) groups excluding carboxylic acids is 14. The molecule has 0 aliphatic heterocycles. The first kappa shape index (κ1) is 133. The second-order valence-electron chi connectivity index (χ2n) is 21.2. The second kappa shape index (κ2) is 77.6. The number of halogens is 14. The van der Waals surface area contributed by atoms with Crippen molar-refractivity contribution in [3.05, 3.63) is 229 Å². The Balaban J connectivity index is -0.000000170. The summed E-state index contributed by atoms with van der Waals surface area (Å²) < 4.78 is 20.5. The Bertz CT molecular complexity index is 4870. The van der Waals surface area contributed by atoms with Gasteiger partial charge in [0.25, 0.3) is 0 Å². The van der Waals surface area contributed by atoms with E-state index in [1.807, 2.05) is 104 Å². The first-order valence-electron chi connectivity index (χ1n) is 33.1. The van der Waals surface area contributed by atoms with Gasteiger partial charge in [0, 0.05) is 86.3 Å². The van der Waals surface area contributed by atoms with Crippen LogP contribution in [-0.2, 0) is 113 Å². The van der Waals surface area contributed by atoms with Crippen LogP contribution in [0.25, 0.3) is 45.0 Å². The molecule has 0 unspecified atom stereocenters. The van der Waals surface area contributed by atoms with E-state index in [-0.39, 0.29) is 142 Å². The van der Waals surface area contributed by atoms with Gasteiger partial charge in [0.2, 0.25) is 5.78 Å². The molecule has 44 heteroatoms. The molecule has 6 aromatic carbocycles. The molecule has 10 aromatic rings. The number of benzene rings is 6. The largest absolute Gasteiger partial charge is 1.00 e. The van der Waals surface area contributed by atoms with Crippen molar-refractivity contribution >= 4 is 224 Å². The second-order valence-corrected chi connectivity index (χ2v) is 26.0. The van der Waals surface area contributed by atoms with E-state index < -0.39 is 35.9 Å². The monoisotopic (exact) mass is 1990 g/mol. The summed E-state index contributed by atoms with van der Waals surface area (Å²) in [6.07, 6.45) is 5.98. The van der Waals surface area contributed by atoms with Gasteiger partial charge in [-0.25, -0.2) is 14.4 Å². The number of esters is 3. The standard InChI is InChI=1S/2C12H12Cl2N2.C12H10Cl2O4.2C10H8Cl2N2.C8H6Cl2O.C6H10O4.C2H6O.CH6N2.4CO2.2CH4.2ClH.Na.H2O/c1-3-9-7-12(15-16(9)2)8-4-5-10(13)11(14)6-8;1-3-9-7-12(16(2)15-9)8-4-5-10(13)11(14)6-8;1-2-18-12(17)11(16)6-10(15)7-3-4-8(13)9(14)5-7;1-14-5-4-10(13-14)7-2-3-8(11)9(12)6-7;1-14-10(4-5-13-14)7-2-3-8(11)9(12)6-7;1-5(11)6-2-3-7(9)8(10)4-6;1-3-9-5(7)6(8)10-4-2;1-2-3;1-3-2;4*2-1-3;;;;;;/h2*4-7H,3H2,1-2H3;3-5H,2,6H2,1H3;2*2-6H,1H3;2-4H,1H3;3-4H2,1-2H3;2*3H,2H2,1H3;;;;;2*1H4;2*1H;;1H2/q;;;;;;;;;;;;;;;;;+1;/p-1. The van der Waals surface area contributed by atoms with Crippen molar-refractivity contribution < 1.29 is 121 Å². The molecule has 668 valence electrons. The van der Waals surface area contributed by atoms with Gasteiger partial charge in [0.15, 0.2) is 11.6 Å². The minimum Gasteiger partial charge on any atom is -0.870 e. The van der Waals surface area contributed by atoms with E-state index in [0.29, 0.717) is 60.8 Å². The van der Waals surface area contributed by atoms with Gasteiger partial charge in [-0.2, -0.15) is 58.8 Å². The predicted octanol–water partition coefficient (Wildman–Crippen LogP) is 16.4. The van der Waals surface area contributed by atoms with Crippen LogP contribution < -0.4 is 40.8 Å². The fraction of sp³-hybridized carbons (Fsp3) is 0.266. The summed E-state index contributed by atoms with van der Waals surface area (Å²) in [7, 11) is 9.29. The topological polar surface area (TPSA) is 426 Å². The van der Waals surface area contributed by atoms with Crippen LogP contribution in [0.5, 0.6) is 0 Å². The number of Topliss-reactive ketones (excluding diaryl/α,β-unsaturated/α-hetero) is 3. The van der Waals surface area contributed by atoms with Crippen LogP contribution in [0.2, 0.25) is 60.3 Å². The van der Waals surface area contributed by atoms with Gasteiger partial charge in [-0.15, -0.1) is 24.8 Å². The van der Waals surface area contributed by atoms with Gasteiger partial charge in [-0.3, -0.25) is 44.4 Å². The van der Waals surface area contributed by atoms with Crippen molar-refractivity contribution in [2.75, 3.05) is 33.5 Å². The van der Waals surface area contributed by atoms with Crippen molar-refractivity contribution in [1.29, 1.82) is 0 Å². The van der Waals surface area contributed by atoms with Gasteiger partial charge < -0.3 is 24.8 Å². The molecule has 0 fully saturated rings. The number of hydrogen-bond donors (Lipinski definition) is 3. The fourth-order valence-electron chi connectivity index (χ4n) is 8.09. The first-order valence-corrected chi connectivity index (χ1v) is 37.7. The first-order chi connectivity index (χ1) is 55.3. The van der Waals surface area contributed by atoms with E-state index in [4.69, 9.17) is 183 Å². The molecule has 0 aliphatic carbocycles. The van der Waals surface area contributed by atoms with Crippen molar-refractivity contribution in [1.82, 2.24) is 44.5 Å². The van der Waals surface area contributed by atoms with Gasteiger partial charge in [-0.05, 0) is 164 Å². The summed E-state index contributed by atoms with van der Waals surface area (Å²) in [5.41, 5.74) is 13.2. The maximum Gasteiger partial charge on any atom is 1.00 e. The van der Waals surface area contributed by atoms with Crippen LogP contribution in [0.4, 0.5) is 0 Å². The van der Waals surface area contributed by atoms with E-state index in [2.05, 4.69) is 71.9 Å². The third-order valence-electron chi connectivity index (χ3n) is 13.1. The third-order valence-corrected chi connectivity index (χ3v) is 17.6. The summed E-state index contributed by atoms with van der Waals surface area (Å²) >= 11 is 70.0. The summed E-state index contributed by atoms with van der Waals surface area (Å²) in [5, 5.41) is 30.7. The van der Waals surface area contributed by atoms with Gasteiger partial charge in [-0.1, -0.05) is 192 Å². The number of nitrogens with one attached hydrogen (secondary N) is 1. The molecule has 0 bridgehead atoms. The fourth-order valence-corrected chi connectivity index (χ4v) is 9.88. The number of nitrogens with two attached hydrogens (primary N) is 1. The molecule has 0 radical (unpaired) electrons. The summed E-state index contributed by atoms with van der Waals surface area (Å²) in [6, 6.07) is 39.3. The number of aliphatic hydroxyl groups excluding tert-OH is 1. The Morgan fingerprint density at radius 1 is 0.431 bits per heavy atom. The average molecular weight is 2000 g/mol. The molecule has 0 amide bonds. The smallest absolute Gasteiger partial charge is 0.870 e. The number of aliphatic hydroxyl groups is 1. The molecular formula is C79H89Cl14N10NaO19. The Kier molecular flexibility index (Phi) is 83.9. The molecule has 0 saturated carbocycles. The molecule has 0 saturated heterocycles.